The van der Waals surface area contributed by atoms with Crippen LogP contribution in [0.3, 0.4) is 0 Å². The average molecular weight is 398 g/mol. The van der Waals surface area contributed by atoms with Crippen molar-refractivity contribution in [1.29, 1.82) is 0 Å². The molecule has 0 spiro atoms. The van der Waals surface area contributed by atoms with Crippen LogP contribution in [0.2, 0.25) is 5.02 Å². The number of nitrogens with one attached hydrogen (secondary N) is 1. The zero-order chi connectivity index (χ0) is 19.0. The molecule has 0 bridgehead atoms. The van der Waals surface area contributed by atoms with Crippen LogP contribution in [0.25, 0.3) is 0 Å². The zero-order valence-electron chi connectivity index (χ0n) is 15.2. The summed E-state index contributed by atoms with van der Waals surface area (Å²) in [5.74, 6) is 2.46. The molecule has 1 N–H and O–H groups in total. The highest BCUT2D eigenvalue weighted by molar-refractivity contribution is 6.30. The molecule has 1 atom stereocenters. The Bertz CT molecular complexity index is 969. The second-order valence-corrected chi connectivity index (χ2v) is 7.65. The molecule has 0 saturated heterocycles. The predicted molar refractivity (Wildman–Crippen MR) is 103 cm³/mol. The predicted octanol–water partition coefficient (Wildman–Crippen LogP) is 4.40. The van der Waals surface area contributed by atoms with Gasteiger partial charge in [0, 0.05) is 10.6 Å². The molecule has 1 aliphatic carbocycles. The van der Waals surface area contributed by atoms with Crippen LogP contribution < -0.4 is 14.8 Å². The van der Waals surface area contributed by atoms with Gasteiger partial charge in [0.1, 0.15) is 6.61 Å². The van der Waals surface area contributed by atoms with E-state index in [1.807, 2.05) is 36.4 Å². The zero-order valence-corrected chi connectivity index (χ0v) is 16.0. The summed E-state index contributed by atoms with van der Waals surface area (Å²) in [5, 5.41) is 8.48. The number of halogens is 1. The highest BCUT2D eigenvalue weighted by atomic mass is 35.5. The normalized spacial score (nSPS) is 19.8. The largest absolute Gasteiger partial charge is 0.485 e. The van der Waals surface area contributed by atoms with Crippen molar-refractivity contribution >= 4 is 11.6 Å². The number of hydrogen-bond donors (Lipinski definition) is 1. The highest BCUT2D eigenvalue weighted by Gasteiger charge is 2.38. The summed E-state index contributed by atoms with van der Waals surface area (Å²) < 4.78 is 17.1. The van der Waals surface area contributed by atoms with Crippen LogP contribution in [0.15, 0.2) is 53.1 Å². The van der Waals surface area contributed by atoms with Crippen LogP contribution in [-0.4, -0.2) is 16.7 Å². The van der Waals surface area contributed by atoms with Crippen LogP contribution in [-0.2, 0) is 12.1 Å². The Morgan fingerprint density at radius 1 is 1.07 bits per heavy atom. The number of aromatic nitrogens is 2. The Balaban J connectivity index is 1.26. The lowest BCUT2D eigenvalue weighted by Gasteiger charge is -2.43. The van der Waals surface area contributed by atoms with Gasteiger partial charge in [-0.1, -0.05) is 41.0 Å². The number of rotatable bonds is 5. The average Bonchev–Trinajstić information content (AvgIpc) is 3.17. The molecule has 2 aromatic carbocycles. The van der Waals surface area contributed by atoms with Gasteiger partial charge in [-0.05, 0) is 49.1 Å². The Labute approximate surface area is 167 Å². The second kappa shape index (κ2) is 7.11. The van der Waals surface area contributed by atoms with Gasteiger partial charge < -0.3 is 19.3 Å². The van der Waals surface area contributed by atoms with Gasteiger partial charge in [0.15, 0.2) is 17.3 Å². The van der Waals surface area contributed by atoms with E-state index in [2.05, 4.69) is 27.6 Å². The Morgan fingerprint density at radius 2 is 1.86 bits per heavy atom. The molecule has 1 aromatic heterocycles. The van der Waals surface area contributed by atoms with Crippen molar-refractivity contribution in [2.75, 3.05) is 6.61 Å². The number of hydrogen-bond acceptors (Lipinski definition) is 6. The maximum Gasteiger partial charge on any atom is 0.271 e. The molecule has 6 nitrogen and oxygen atoms in total. The first kappa shape index (κ1) is 17.5. The monoisotopic (exact) mass is 397 g/mol. The fourth-order valence-corrected chi connectivity index (χ4v) is 3.85. The van der Waals surface area contributed by atoms with Crippen molar-refractivity contribution in [3.8, 4) is 11.5 Å². The van der Waals surface area contributed by atoms with Crippen molar-refractivity contribution in [2.24, 2.45) is 0 Å². The summed E-state index contributed by atoms with van der Waals surface area (Å²) in [7, 11) is 0. The van der Waals surface area contributed by atoms with Gasteiger partial charge in [-0.3, -0.25) is 0 Å². The van der Waals surface area contributed by atoms with Crippen molar-refractivity contribution < 1.29 is 14.0 Å². The van der Waals surface area contributed by atoms with Crippen LogP contribution in [0.5, 0.6) is 11.5 Å². The number of nitrogens with zero attached hydrogens (tertiary/aromatic N) is 2. The molecule has 2 heterocycles. The lowest BCUT2D eigenvalue weighted by molar-refractivity contribution is 0.0665. The Hall–Kier alpha value is -2.57. The summed E-state index contributed by atoms with van der Waals surface area (Å²) in [6.07, 6.45) is 2.95. The van der Waals surface area contributed by atoms with E-state index in [-0.39, 0.29) is 5.54 Å². The fourth-order valence-electron chi connectivity index (χ4n) is 3.73. The van der Waals surface area contributed by atoms with E-state index in [0.29, 0.717) is 30.6 Å². The Kier molecular flexibility index (Phi) is 4.45. The third-order valence-electron chi connectivity index (χ3n) is 5.46. The van der Waals surface area contributed by atoms with E-state index in [9.17, 15) is 0 Å². The minimum atomic E-state index is -0.398. The van der Waals surface area contributed by atoms with Crippen LogP contribution in [0.4, 0.5) is 0 Å². The molecule has 5 rings (SSSR count). The molecular weight excluding hydrogens is 378 g/mol. The lowest BCUT2D eigenvalue weighted by atomic mass is 9.72. The Morgan fingerprint density at radius 3 is 2.61 bits per heavy atom. The number of benzene rings is 2. The van der Waals surface area contributed by atoms with Crippen LogP contribution in [0, 0.1) is 0 Å². The number of ether oxygens (including phenoxy) is 2. The van der Waals surface area contributed by atoms with Gasteiger partial charge in [-0.15, -0.1) is 0 Å². The highest BCUT2D eigenvalue weighted by Crippen LogP contribution is 2.42. The van der Waals surface area contributed by atoms with E-state index in [4.69, 9.17) is 25.6 Å². The fraction of sp³-hybridized carbons (Fsp3) is 0.333. The molecule has 2 aliphatic rings. The number of fused-ring (bicyclic) bond motifs is 1. The third kappa shape index (κ3) is 3.23. The quantitative estimate of drug-likeness (QED) is 0.688. The van der Waals surface area contributed by atoms with Gasteiger partial charge in [0.2, 0.25) is 6.10 Å². The van der Waals surface area contributed by atoms with Crippen molar-refractivity contribution in [3.05, 3.63) is 70.8 Å². The molecule has 7 heteroatoms. The van der Waals surface area contributed by atoms with E-state index >= 15 is 0 Å². The maximum atomic E-state index is 6.03. The van der Waals surface area contributed by atoms with Gasteiger partial charge in [0.25, 0.3) is 5.89 Å². The first-order valence-corrected chi connectivity index (χ1v) is 9.82. The molecular formula is C21H20ClN3O3. The van der Waals surface area contributed by atoms with Gasteiger partial charge >= 0.3 is 0 Å². The molecule has 3 aromatic rings. The van der Waals surface area contributed by atoms with E-state index in [0.717, 1.165) is 23.6 Å². The SMILES string of the molecule is Clc1ccc(C2(NCc3noc([C@H]4COc5ccccc5O4)n3)CCC2)cc1. The van der Waals surface area contributed by atoms with Crippen LogP contribution >= 0.6 is 11.6 Å². The van der Waals surface area contributed by atoms with Crippen LogP contribution in [0.1, 0.15) is 42.6 Å². The first-order valence-electron chi connectivity index (χ1n) is 9.44. The minimum absolute atomic E-state index is 0.0469. The van der Waals surface area contributed by atoms with Crippen molar-refractivity contribution in [1.82, 2.24) is 15.5 Å². The molecule has 0 amide bonds. The first-order chi connectivity index (χ1) is 13.7. The summed E-state index contributed by atoms with van der Waals surface area (Å²) in [4.78, 5) is 4.51. The standard InChI is InChI=1S/C21H20ClN3O3/c22-15-8-6-14(7-9-15)21(10-3-11-21)23-12-19-24-20(28-25-19)18-13-26-16-4-1-2-5-17(16)27-18/h1-2,4-9,18,23H,3,10-13H2/t18-/m1/s1. The summed E-state index contributed by atoms with van der Waals surface area (Å²) in [5.41, 5.74) is 1.20. The third-order valence-corrected chi connectivity index (χ3v) is 5.71. The lowest BCUT2D eigenvalue weighted by Crippen LogP contribution is -2.47. The van der Waals surface area contributed by atoms with Crippen molar-refractivity contribution in [2.45, 2.75) is 37.5 Å². The molecule has 28 heavy (non-hydrogen) atoms. The van der Waals surface area contributed by atoms with Crippen molar-refractivity contribution in [3.63, 3.8) is 0 Å². The van der Waals surface area contributed by atoms with Gasteiger partial charge in [-0.25, -0.2) is 0 Å². The summed E-state index contributed by atoms with van der Waals surface area (Å²) in [6, 6.07) is 15.6. The minimum Gasteiger partial charge on any atom is -0.485 e. The molecule has 144 valence electrons. The van der Waals surface area contributed by atoms with Gasteiger partial charge in [-0.2, -0.15) is 4.98 Å². The molecule has 1 fully saturated rings. The molecule has 1 aliphatic heterocycles. The molecule has 0 unspecified atom stereocenters. The maximum absolute atomic E-state index is 6.03. The summed E-state index contributed by atoms with van der Waals surface area (Å²) >= 11 is 6.03. The van der Waals surface area contributed by atoms with E-state index < -0.39 is 6.10 Å². The summed E-state index contributed by atoms with van der Waals surface area (Å²) in [6.45, 7) is 0.872. The van der Waals surface area contributed by atoms with Gasteiger partial charge in [0.05, 0.1) is 6.54 Å². The smallest absolute Gasteiger partial charge is 0.271 e. The second-order valence-electron chi connectivity index (χ2n) is 7.21. The van der Waals surface area contributed by atoms with E-state index in [1.54, 1.807) is 0 Å². The molecule has 0 radical (unpaired) electrons. The molecule has 1 saturated carbocycles. The van der Waals surface area contributed by atoms with E-state index in [1.165, 1.54) is 12.0 Å². The number of para-hydroxylation sites is 2. The topological polar surface area (TPSA) is 69.4 Å².